The van der Waals surface area contributed by atoms with Crippen molar-refractivity contribution in [1.82, 2.24) is 0 Å². The SMILES string of the molecule is C[C@@H](CCO)[C@@H](OC(=O)Nc1cccc2ccccc12)c1cc(Br)cc(Br)c1O. The van der Waals surface area contributed by atoms with Crippen LogP contribution in [0.4, 0.5) is 10.5 Å². The van der Waals surface area contributed by atoms with Crippen LogP contribution in [0.1, 0.15) is 25.0 Å². The van der Waals surface area contributed by atoms with Crippen LogP contribution in [-0.4, -0.2) is 22.9 Å². The number of halogens is 2. The molecule has 0 aliphatic heterocycles. The molecule has 0 unspecified atom stereocenters. The van der Waals surface area contributed by atoms with Gasteiger partial charge in [0.05, 0.1) is 10.2 Å². The van der Waals surface area contributed by atoms with Crippen LogP contribution in [0, 0.1) is 5.92 Å². The van der Waals surface area contributed by atoms with Crippen LogP contribution >= 0.6 is 31.9 Å². The van der Waals surface area contributed by atoms with E-state index in [1.54, 1.807) is 12.1 Å². The van der Waals surface area contributed by atoms with Gasteiger partial charge in [-0.1, -0.05) is 59.3 Å². The van der Waals surface area contributed by atoms with Crippen LogP contribution in [0.25, 0.3) is 10.8 Å². The summed E-state index contributed by atoms with van der Waals surface area (Å²) in [4.78, 5) is 12.7. The molecule has 152 valence electrons. The largest absolute Gasteiger partial charge is 0.506 e. The minimum absolute atomic E-state index is 0.000880. The lowest BCUT2D eigenvalue weighted by molar-refractivity contribution is 0.0651. The summed E-state index contributed by atoms with van der Waals surface area (Å²) in [7, 11) is 0. The van der Waals surface area contributed by atoms with Crippen molar-refractivity contribution in [3.63, 3.8) is 0 Å². The monoisotopic (exact) mass is 521 g/mol. The van der Waals surface area contributed by atoms with E-state index in [0.29, 0.717) is 22.1 Å². The molecular formula is C22H21Br2NO4. The van der Waals surface area contributed by atoms with Crippen molar-refractivity contribution in [1.29, 1.82) is 0 Å². The molecular weight excluding hydrogens is 502 g/mol. The lowest BCUT2D eigenvalue weighted by Gasteiger charge is -2.25. The molecule has 0 saturated carbocycles. The van der Waals surface area contributed by atoms with Crippen molar-refractivity contribution < 1.29 is 19.7 Å². The second kappa shape index (κ2) is 9.61. The number of carbonyl (C=O) groups excluding carboxylic acids is 1. The van der Waals surface area contributed by atoms with Crippen LogP contribution in [-0.2, 0) is 4.74 Å². The number of phenols is 1. The fraction of sp³-hybridized carbons (Fsp3) is 0.227. The second-order valence-electron chi connectivity index (χ2n) is 6.79. The summed E-state index contributed by atoms with van der Waals surface area (Å²) < 4.78 is 6.95. The Morgan fingerprint density at radius 2 is 1.86 bits per heavy atom. The summed E-state index contributed by atoms with van der Waals surface area (Å²) in [5.74, 6) is -0.216. The summed E-state index contributed by atoms with van der Waals surface area (Å²) in [6.45, 7) is 1.81. The van der Waals surface area contributed by atoms with Gasteiger partial charge >= 0.3 is 6.09 Å². The molecule has 0 aromatic heterocycles. The van der Waals surface area contributed by atoms with E-state index in [9.17, 15) is 15.0 Å². The number of rotatable bonds is 6. The molecule has 0 aliphatic carbocycles. The lowest BCUT2D eigenvalue weighted by Crippen LogP contribution is -2.23. The molecule has 3 N–H and O–H groups in total. The summed E-state index contributed by atoms with van der Waals surface area (Å²) in [5, 5.41) is 24.6. The van der Waals surface area contributed by atoms with E-state index in [2.05, 4.69) is 37.2 Å². The molecule has 0 saturated heterocycles. The van der Waals surface area contributed by atoms with Gasteiger partial charge in [-0.25, -0.2) is 4.79 Å². The zero-order valence-corrected chi connectivity index (χ0v) is 18.9. The van der Waals surface area contributed by atoms with E-state index in [-0.39, 0.29) is 18.3 Å². The van der Waals surface area contributed by atoms with Gasteiger partial charge in [-0.3, -0.25) is 5.32 Å². The van der Waals surface area contributed by atoms with Gasteiger partial charge in [0.2, 0.25) is 0 Å². The highest BCUT2D eigenvalue weighted by Crippen LogP contribution is 2.40. The van der Waals surface area contributed by atoms with Gasteiger partial charge in [-0.05, 0) is 51.9 Å². The number of benzene rings is 3. The van der Waals surface area contributed by atoms with Crippen molar-refractivity contribution in [2.24, 2.45) is 5.92 Å². The Bertz CT molecular complexity index is 1020. The van der Waals surface area contributed by atoms with E-state index in [4.69, 9.17) is 4.74 Å². The fourth-order valence-corrected chi connectivity index (χ4v) is 4.49. The van der Waals surface area contributed by atoms with Crippen LogP contribution < -0.4 is 5.32 Å². The smallest absolute Gasteiger partial charge is 0.412 e. The van der Waals surface area contributed by atoms with E-state index in [1.165, 1.54) is 0 Å². The number of phenolic OH excluding ortho intramolecular Hbond substituents is 1. The Morgan fingerprint density at radius 1 is 1.14 bits per heavy atom. The first kappa shape index (κ1) is 21.6. The first-order chi connectivity index (χ1) is 13.9. The van der Waals surface area contributed by atoms with Crippen LogP contribution in [0.3, 0.4) is 0 Å². The third-order valence-electron chi connectivity index (χ3n) is 4.73. The molecule has 0 aliphatic rings. The maximum atomic E-state index is 12.7. The Kier molecular flexibility index (Phi) is 7.16. The molecule has 1 amide bonds. The first-order valence-electron chi connectivity index (χ1n) is 9.15. The molecule has 0 fully saturated rings. The van der Waals surface area contributed by atoms with E-state index >= 15 is 0 Å². The van der Waals surface area contributed by atoms with Crippen molar-refractivity contribution in [3.05, 3.63) is 69.1 Å². The van der Waals surface area contributed by atoms with E-state index in [1.807, 2.05) is 49.4 Å². The highest BCUT2D eigenvalue weighted by atomic mass is 79.9. The zero-order valence-electron chi connectivity index (χ0n) is 15.7. The number of hydrogen-bond acceptors (Lipinski definition) is 4. The standard InChI is InChI=1S/C22H21Br2NO4/c1-13(9-10-26)21(17-11-15(23)12-18(24)20(17)27)29-22(28)25-19-8-4-6-14-5-2-3-7-16(14)19/h2-8,11-13,21,26-27H,9-10H2,1H3,(H,25,28)/t13-,21+/m0/s1. The summed E-state index contributed by atoms with van der Waals surface area (Å²) in [6, 6.07) is 16.8. The number of hydrogen-bond donors (Lipinski definition) is 3. The molecule has 5 nitrogen and oxygen atoms in total. The highest BCUT2D eigenvalue weighted by molar-refractivity contribution is 9.11. The molecule has 0 radical (unpaired) electrons. The van der Waals surface area contributed by atoms with E-state index in [0.717, 1.165) is 15.2 Å². The van der Waals surface area contributed by atoms with Gasteiger partial charge in [0.1, 0.15) is 11.9 Å². The van der Waals surface area contributed by atoms with Crippen molar-refractivity contribution >= 4 is 54.4 Å². The van der Waals surface area contributed by atoms with E-state index < -0.39 is 12.2 Å². The van der Waals surface area contributed by atoms with Crippen LogP contribution in [0.5, 0.6) is 5.75 Å². The highest BCUT2D eigenvalue weighted by Gasteiger charge is 2.27. The number of aromatic hydroxyl groups is 1. The normalized spacial score (nSPS) is 13.1. The predicted octanol–water partition coefficient (Wildman–Crippen LogP) is 6.38. The Morgan fingerprint density at radius 3 is 2.62 bits per heavy atom. The maximum Gasteiger partial charge on any atom is 0.412 e. The second-order valence-corrected chi connectivity index (χ2v) is 8.56. The maximum absolute atomic E-state index is 12.7. The minimum Gasteiger partial charge on any atom is -0.506 e. The molecule has 2 atom stereocenters. The van der Waals surface area contributed by atoms with Crippen molar-refractivity contribution in [2.75, 3.05) is 11.9 Å². The van der Waals surface area contributed by atoms with Gasteiger partial charge in [0.15, 0.2) is 0 Å². The fourth-order valence-electron chi connectivity index (χ4n) is 3.23. The summed E-state index contributed by atoms with van der Waals surface area (Å²) >= 11 is 6.72. The number of amides is 1. The Labute approximate surface area is 186 Å². The number of aliphatic hydroxyl groups is 1. The molecule has 0 spiro atoms. The quantitative estimate of drug-likeness (QED) is 0.351. The predicted molar refractivity (Wildman–Crippen MR) is 121 cm³/mol. The Balaban J connectivity index is 1.89. The van der Waals surface area contributed by atoms with Gasteiger partial charge in [-0.2, -0.15) is 0 Å². The number of ether oxygens (including phenoxy) is 1. The van der Waals surface area contributed by atoms with Crippen LogP contribution in [0.15, 0.2) is 63.5 Å². The minimum atomic E-state index is -0.745. The Hall–Kier alpha value is -2.09. The van der Waals surface area contributed by atoms with Gasteiger partial charge in [0.25, 0.3) is 0 Å². The number of carbonyl (C=O) groups is 1. The molecule has 3 aromatic rings. The summed E-state index contributed by atoms with van der Waals surface area (Å²) in [6.07, 6.45) is -0.965. The molecule has 29 heavy (non-hydrogen) atoms. The molecule has 3 rings (SSSR count). The van der Waals surface area contributed by atoms with Gasteiger partial charge in [-0.15, -0.1) is 0 Å². The average molecular weight is 523 g/mol. The third-order valence-corrected chi connectivity index (χ3v) is 5.79. The van der Waals surface area contributed by atoms with Crippen molar-refractivity contribution in [3.8, 4) is 5.75 Å². The average Bonchev–Trinajstić information content (AvgIpc) is 2.69. The zero-order chi connectivity index (χ0) is 21.0. The lowest BCUT2D eigenvalue weighted by atomic mass is 9.94. The van der Waals surface area contributed by atoms with Crippen molar-refractivity contribution in [2.45, 2.75) is 19.4 Å². The number of aliphatic hydroxyl groups excluding tert-OH is 1. The van der Waals surface area contributed by atoms with Gasteiger partial charge in [0, 0.05) is 22.0 Å². The first-order valence-corrected chi connectivity index (χ1v) is 10.7. The molecule has 0 bridgehead atoms. The molecule has 7 heteroatoms. The summed E-state index contributed by atoms with van der Waals surface area (Å²) in [5.41, 5.74) is 1.10. The topological polar surface area (TPSA) is 78.8 Å². The van der Waals surface area contributed by atoms with Gasteiger partial charge < -0.3 is 14.9 Å². The third kappa shape index (κ3) is 5.10. The van der Waals surface area contributed by atoms with Crippen LogP contribution in [0.2, 0.25) is 0 Å². The molecule has 0 heterocycles. The number of anilines is 1. The molecule has 3 aromatic carbocycles. The number of fused-ring (bicyclic) bond motifs is 1. The number of nitrogens with one attached hydrogen (secondary N) is 1.